The minimum atomic E-state index is -3.56. The van der Waals surface area contributed by atoms with Crippen LogP contribution in [0.15, 0.2) is 23.4 Å². The van der Waals surface area contributed by atoms with Gasteiger partial charge >= 0.3 is 0 Å². The maximum Gasteiger partial charge on any atom is 0.208 e. The summed E-state index contributed by atoms with van der Waals surface area (Å²) in [4.78, 5) is 3.60. The van der Waals surface area contributed by atoms with E-state index in [1.54, 1.807) is 6.07 Å². The van der Waals surface area contributed by atoms with Crippen molar-refractivity contribution in [3.63, 3.8) is 0 Å². The molecule has 13 heavy (non-hydrogen) atoms. The minimum absolute atomic E-state index is 0.126. The summed E-state index contributed by atoms with van der Waals surface area (Å²) in [6, 6.07) is 4.25. The van der Waals surface area contributed by atoms with Crippen LogP contribution in [0.2, 0.25) is 5.02 Å². The molecule has 1 aromatic heterocycles. The lowest BCUT2D eigenvalue weighted by Gasteiger charge is -1.97. The van der Waals surface area contributed by atoms with E-state index in [1.807, 2.05) is 0 Å². The molecule has 1 aromatic rings. The predicted octanol–water partition coefficient (Wildman–Crippen LogP) is 1.03. The first-order valence-electron chi connectivity index (χ1n) is 3.27. The van der Waals surface area contributed by atoms with Crippen molar-refractivity contribution < 1.29 is 8.42 Å². The Morgan fingerprint density at radius 2 is 2.23 bits per heavy atom. The molecule has 0 radical (unpaired) electrons. The lowest BCUT2D eigenvalue weighted by molar-refractivity contribution is 0.595. The van der Waals surface area contributed by atoms with Crippen LogP contribution in [-0.4, -0.2) is 19.2 Å². The number of rotatable bonds is 2. The SMILES string of the molecule is N#CCS(=O)(=O)c1ccc(Cl)cn1. The third kappa shape index (κ3) is 2.41. The average molecular weight is 217 g/mol. The summed E-state index contributed by atoms with van der Waals surface area (Å²) in [5, 5.41) is 8.47. The maximum absolute atomic E-state index is 11.2. The molecule has 0 bridgehead atoms. The molecule has 6 heteroatoms. The molecule has 0 amide bonds. The summed E-state index contributed by atoms with van der Waals surface area (Å²) in [5.41, 5.74) is 0. The quantitative estimate of drug-likeness (QED) is 0.741. The Bertz CT molecular complexity index is 433. The fraction of sp³-hybridized carbons (Fsp3) is 0.143. The predicted molar refractivity (Wildman–Crippen MR) is 46.9 cm³/mol. The molecule has 1 rings (SSSR count). The van der Waals surface area contributed by atoms with Gasteiger partial charge in [-0.25, -0.2) is 13.4 Å². The lowest BCUT2D eigenvalue weighted by atomic mass is 10.5. The molecular formula is C7H5ClN2O2S. The van der Waals surface area contributed by atoms with Gasteiger partial charge in [0.2, 0.25) is 9.84 Å². The molecule has 0 N–H and O–H groups in total. The molecule has 0 aliphatic carbocycles. The van der Waals surface area contributed by atoms with Crippen molar-refractivity contribution in [3.8, 4) is 6.07 Å². The molecule has 68 valence electrons. The first-order chi connectivity index (χ1) is 6.06. The van der Waals surface area contributed by atoms with Gasteiger partial charge in [-0.2, -0.15) is 5.26 Å². The van der Waals surface area contributed by atoms with Gasteiger partial charge in [-0.15, -0.1) is 0 Å². The number of halogens is 1. The molecule has 0 spiro atoms. The highest BCUT2D eigenvalue weighted by atomic mass is 35.5. The topological polar surface area (TPSA) is 70.8 Å². The van der Waals surface area contributed by atoms with Crippen LogP contribution in [0, 0.1) is 11.3 Å². The van der Waals surface area contributed by atoms with Crippen molar-refractivity contribution in [1.29, 1.82) is 5.26 Å². The first-order valence-corrected chi connectivity index (χ1v) is 5.30. The summed E-state index contributed by atoms with van der Waals surface area (Å²) in [5.74, 6) is -0.568. The monoisotopic (exact) mass is 216 g/mol. The number of nitrogens with zero attached hydrogens (tertiary/aromatic N) is 2. The van der Waals surface area contributed by atoms with Gasteiger partial charge in [0, 0.05) is 6.20 Å². The number of hydrogen-bond donors (Lipinski definition) is 0. The van der Waals surface area contributed by atoms with Crippen LogP contribution in [0.5, 0.6) is 0 Å². The zero-order valence-corrected chi connectivity index (χ0v) is 8.01. The summed E-state index contributed by atoms with van der Waals surface area (Å²) in [7, 11) is -3.56. The van der Waals surface area contributed by atoms with E-state index in [2.05, 4.69) is 4.98 Å². The second-order valence-corrected chi connectivity index (χ2v) is 4.60. The van der Waals surface area contributed by atoms with Crippen LogP contribution in [0.25, 0.3) is 0 Å². The van der Waals surface area contributed by atoms with Crippen molar-refractivity contribution in [2.24, 2.45) is 0 Å². The second kappa shape index (κ2) is 3.73. The van der Waals surface area contributed by atoms with E-state index in [1.165, 1.54) is 18.3 Å². The zero-order chi connectivity index (χ0) is 9.90. The Kier molecular flexibility index (Phi) is 2.86. The lowest BCUT2D eigenvalue weighted by Crippen LogP contribution is -2.06. The highest BCUT2D eigenvalue weighted by Crippen LogP contribution is 2.11. The van der Waals surface area contributed by atoms with E-state index in [9.17, 15) is 8.42 Å². The van der Waals surface area contributed by atoms with Crippen LogP contribution < -0.4 is 0 Å². The molecule has 0 aliphatic rings. The third-order valence-electron chi connectivity index (χ3n) is 1.27. The van der Waals surface area contributed by atoms with E-state index >= 15 is 0 Å². The van der Waals surface area contributed by atoms with Gasteiger partial charge in [0.05, 0.1) is 11.1 Å². The van der Waals surface area contributed by atoms with Crippen LogP contribution >= 0.6 is 11.6 Å². The number of sulfone groups is 1. The first kappa shape index (κ1) is 9.96. The molecule has 0 aromatic carbocycles. The van der Waals surface area contributed by atoms with Gasteiger partial charge in [-0.3, -0.25) is 0 Å². The Balaban J connectivity index is 3.11. The van der Waals surface area contributed by atoms with Gasteiger partial charge in [-0.05, 0) is 12.1 Å². The van der Waals surface area contributed by atoms with Crippen molar-refractivity contribution in [2.75, 3.05) is 5.75 Å². The Labute approximate surface area is 80.7 Å². The minimum Gasteiger partial charge on any atom is -0.243 e. The third-order valence-corrected chi connectivity index (χ3v) is 2.88. The molecule has 0 atom stereocenters. The number of aromatic nitrogens is 1. The maximum atomic E-state index is 11.2. The zero-order valence-electron chi connectivity index (χ0n) is 6.44. The number of hydrogen-bond acceptors (Lipinski definition) is 4. The van der Waals surface area contributed by atoms with Crippen LogP contribution in [0.3, 0.4) is 0 Å². The summed E-state index contributed by atoms with van der Waals surface area (Å²) in [6.45, 7) is 0. The highest BCUT2D eigenvalue weighted by molar-refractivity contribution is 7.91. The summed E-state index contributed by atoms with van der Waals surface area (Å²) in [6.07, 6.45) is 1.23. The van der Waals surface area contributed by atoms with Gasteiger partial charge in [0.1, 0.15) is 5.75 Å². The number of pyridine rings is 1. The van der Waals surface area contributed by atoms with Crippen molar-refractivity contribution in [2.45, 2.75) is 5.03 Å². The van der Waals surface area contributed by atoms with Crippen molar-refractivity contribution in [1.82, 2.24) is 4.98 Å². The van der Waals surface area contributed by atoms with Crippen LogP contribution in [-0.2, 0) is 9.84 Å². The summed E-state index contributed by atoms with van der Waals surface area (Å²) >= 11 is 5.52. The van der Waals surface area contributed by atoms with Crippen LogP contribution in [0.4, 0.5) is 0 Å². The van der Waals surface area contributed by atoms with Crippen molar-refractivity contribution in [3.05, 3.63) is 23.4 Å². The standard InChI is InChI=1S/C7H5ClN2O2S/c8-6-1-2-7(10-5-6)13(11,12)4-3-9/h1-2,5H,4H2. The van der Waals surface area contributed by atoms with Crippen LogP contribution in [0.1, 0.15) is 0 Å². The molecule has 4 nitrogen and oxygen atoms in total. The molecular weight excluding hydrogens is 212 g/mol. The molecule has 1 heterocycles. The second-order valence-electron chi connectivity index (χ2n) is 2.23. The molecule has 0 saturated heterocycles. The molecule has 0 aliphatic heterocycles. The summed E-state index contributed by atoms with van der Waals surface area (Å²) < 4.78 is 22.4. The Hall–Kier alpha value is -1.12. The fourth-order valence-electron chi connectivity index (χ4n) is 0.705. The van der Waals surface area contributed by atoms with Gasteiger partial charge in [0.15, 0.2) is 5.03 Å². The number of nitriles is 1. The average Bonchev–Trinajstić information content (AvgIpc) is 2.05. The Morgan fingerprint density at radius 3 is 2.69 bits per heavy atom. The van der Waals surface area contributed by atoms with E-state index in [0.29, 0.717) is 5.02 Å². The van der Waals surface area contributed by atoms with Gasteiger partial charge in [-0.1, -0.05) is 11.6 Å². The molecule has 0 unspecified atom stereocenters. The molecule has 0 saturated carbocycles. The van der Waals surface area contributed by atoms with E-state index < -0.39 is 15.6 Å². The Morgan fingerprint density at radius 1 is 1.54 bits per heavy atom. The largest absolute Gasteiger partial charge is 0.243 e. The smallest absolute Gasteiger partial charge is 0.208 e. The highest BCUT2D eigenvalue weighted by Gasteiger charge is 2.14. The normalized spacial score (nSPS) is 10.8. The van der Waals surface area contributed by atoms with Crippen molar-refractivity contribution >= 4 is 21.4 Å². The van der Waals surface area contributed by atoms with E-state index in [0.717, 1.165) is 0 Å². The molecule has 0 fully saturated rings. The fourth-order valence-corrected chi connectivity index (χ4v) is 1.62. The van der Waals surface area contributed by atoms with E-state index in [-0.39, 0.29) is 5.03 Å². The van der Waals surface area contributed by atoms with E-state index in [4.69, 9.17) is 16.9 Å². The van der Waals surface area contributed by atoms with Gasteiger partial charge in [0.25, 0.3) is 0 Å². The van der Waals surface area contributed by atoms with Gasteiger partial charge < -0.3 is 0 Å².